The van der Waals surface area contributed by atoms with Gasteiger partial charge in [-0.2, -0.15) is 0 Å². The van der Waals surface area contributed by atoms with Crippen molar-refractivity contribution in [3.05, 3.63) is 0 Å². The fraction of sp³-hybridized carbons (Fsp3) is 0.857. The zero-order valence-electron chi connectivity index (χ0n) is 11.7. The van der Waals surface area contributed by atoms with E-state index in [-0.39, 0.29) is 18.4 Å². The van der Waals surface area contributed by atoms with Crippen LogP contribution in [-0.4, -0.2) is 53.1 Å². The Kier molecular flexibility index (Phi) is 4.66. The van der Waals surface area contributed by atoms with E-state index < -0.39 is 5.97 Å². The molecule has 0 aromatic heterocycles. The zero-order chi connectivity index (χ0) is 13.8. The lowest BCUT2D eigenvalue weighted by Gasteiger charge is -2.35. The van der Waals surface area contributed by atoms with Crippen LogP contribution >= 0.6 is 0 Å². The van der Waals surface area contributed by atoms with E-state index in [4.69, 9.17) is 5.11 Å². The van der Waals surface area contributed by atoms with Crippen LogP contribution in [0.15, 0.2) is 0 Å². The standard InChI is InChI=1S/C14H24N2O3/c1-2-11-4-3-6-15(9-11)14(19)16-7-5-12(10-16)8-13(17)18/h11-12H,2-10H2,1H3,(H,17,18). The molecule has 2 unspecified atom stereocenters. The molecule has 0 aliphatic carbocycles. The van der Waals surface area contributed by atoms with Gasteiger partial charge in [0.05, 0.1) is 0 Å². The van der Waals surface area contributed by atoms with Crippen LogP contribution in [0.1, 0.15) is 39.0 Å². The number of carbonyl (C=O) groups is 2. The lowest BCUT2D eigenvalue weighted by atomic mass is 9.96. The molecule has 0 bridgehead atoms. The number of urea groups is 1. The van der Waals surface area contributed by atoms with Crippen LogP contribution in [0, 0.1) is 11.8 Å². The van der Waals surface area contributed by atoms with Crippen molar-refractivity contribution in [3.8, 4) is 0 Å². The van der Waals surface area contributed by atoms with Crippen molar-refractivity contribution in [1.29, 1.82) is 0 Å². The average Bonchev–Trinajstić information content (AvgIpc) is 2.85. The summed E-state index contributed by atoms with van der Waals surface area (Å²) in [6, 6.07) is 0.117. The molecule has 2 heterocycles. The number of piperidine rings is 1. The molecular formula is C14H24N2O3. The second-order valence-electron chi connectivity index (χ2n) is 5.84. The van der Waals surface area contributed by atoms with E-state index in [0.717, 1.165) is 32.4 Å². The lowest BCUT2D eigenvalue weighted by molar-refractivity contribution is -0.138. The third-order valence-corrected chi connectivity index (χ3v) is 4.39. The molecule has 2 atom stereocenters. The summed E-state index contributed by atoms with van der Waals surface area (Å²) in [7, 11) is 0. The number of carboxylic acids is 1. The van der Waals surface area contributed by atoms with E-state index >= 15 is 0 Å². The van der Waals surface area contributed by atoms with Crippen molar-refractivity contribution in [1.82, 2.24) is 9.80 Å². The molecule has 2 aliphatic rings. The van der Waals surface area contributed by atoms with E-state index in [0.29, 0.717) is 19.0 Å². The Morgan fingerprint density at radius 3 is 2.47 bits per heavy atom. The topological polar surface area (TPSA) is 60.9 Å². The number of likely N-dealkylation sites (tertiary alicyclic amines) is 2. The third kappa shape index (κ3) is 3.61. The second-order valence-corrected chi connectivity index (χ2v) is 5.84. The predicted molar refractivity (Wildman–Crippen MR) is 71.9 cm³/mol. The number of aliphatic carboxylic acids is 1. The number of nitrogens with zero attached hydrogens (tertiary/aromatic N) is 2. The van der Waals surface area contributed by atoms with Crippen molar-refractivity contribution in [2.24, 2.45) is 11.8 Å². The molecule has 19 heavy (non-hydrogen) atoms. The summed E-state index contributed by atoms with van der Waals surface area (Å²) in [6.07, 6.45) is 4.45. The molecule has 5 heteroatoms. The summed E-state index contributed by atoms with van der Waals surface area (Å²) in [5.41, 5.74) is 0. The Bertz CT molecular complexity index is 346. The Morgan fingerprint density at radius 1 is 1.11 bits per heavy atom. The van der Waals surface area contributed by atoms with Crippen LogP contribution in [0.3, 0.4) is 0 Å². The van der Waals surface area contributed by atoms with Gasteiger partial charge in [-0.05, 0) is 31.1 Å². The molecule has 1 N–H and O–H groups in total. The smallest absolute Gasteiger partial charge is 0.320 e. The molecule has 2 saturated heterocycles. The van der Waals surface area contributed by atoms with Crippen molar-refractivity contribution < 1.29 is 14.7 Å². The summed E-state index contributed by atoms with van der Waals surface area (Å²) in [5, 5.41) is 8.80. The van der Waals surface area contributed by atoms with Gasteiger partial charge < -0.3 is 14.9 Å². The number of rotatable bonds is 3. The van der Waals surface area contributed by atoms with Crippen LogP contribution in [0.4, 0.5) is 4.79 Å². The molecule has 5 nitrogen and oxygen atoms in total. The molecule has 0 radical (unpaired) electrons. The van der Waals surface area contributed by atoms with Crippen LogP contribution in [0.5, 0.6) is 0 Å². The summed E-state index contributed by atoms with van der Waals surface area (Å²) in [5.74, 6) is 0.00616. The highest BCUT2D eigenvalue weighted by atomic mass is 16.4. The lowest BCUT2D eigenvalue weighted by Crippen LogP contribution is -2.46. The second kappa shape index (κ2) is 6.26. The average molecular weight is 268 g/mol. The van der Waals surface area contributed by atoms with Crippen molar-refractivity contribution >= 4 is 12.0 Å². The number of carboxylic acid groups (broad SMARTS) is 1. The maximum atomic E-state index is 12.4. The maximum absolute atomic E-state index is 12.4. The molecular weight excluding hydrogens is 244 g/mol. The molecule has 2 amide bonds. The highest BCUT2D eigenvalue weighted by Gasteiger charge is 2.32. The fourth-order valence-electron chi connectivity index (χ4n) is 3.19. The summed E-state index contributed by atoms with van der Waals surface area (Å²) < 4.78 is 0. The van der Waals surface area contributed by atoms with Crippen LogP contribution < -0.4 is 0 Å². The number of amides is 2. The van der Waals surface area contributed by atoms with E-state index in [1.165, 1.54) is 6.42 Å². The third-order valence-electron chi connectivity index (χ3n) is 4.39. The van der Waals surface area contributed by atoms with E-state index in [9.17, 15) is 9.59 Å². The first-order valence-corrected chi connectivity index (χ1v) is 7.35. The van der Waals surface area contributed by atoms with Gasteiger partial charge in [-0.25, -0.2) is 4.79 Å². The van der Waals surface area contributed by atoms with Crippen molar-refractivity contribution in [2.45, 2.75) is 39.0 Å². The highest BCUT2D eigenvalue weighted by Crippen LogP contribution is 2.24. The largest absolute Gasteiger partial charge is 0.481 e. The first kappa shape index (κ1) is 14.2. The molecule has 0 aromatic carbocycles. The molecule has 108 valence electrons. The van der Waals surface area contributed by atoms with Crippen LogP contribution in [-0.2, 0) is 4.79 Å². The predicted octanol–water partition coefficient (Wildman–Crippen LogP) is 2.03. The Morgan fingerprint density at radius 2 is 1.79 bits per heavy atom. The van der Waals surface area contributed by atoms with Gasteiger partial charge in [0.15, 0.2) is 0 Å². The molecule has 2 aliphatic heterocycles. The van der Waals surface area contributed by atoms with Crippen molar-refractivity contribution in [3.63, 3.8) is 0 Å². The first-order valence-electron chi connectivity index (χ1n) is 7.35. The van der Waals surface area contributed by atoms with Gasteiger partial charge in [0.2, 0.25) is 0 Å². The SMILES string of the molecule is CCC1CCCN(C(=O)N2CCC(CC(=O)O)C2)C1. The van der Waals surface area contributed by atoms with E-state index in [1.807, 2.05) is 9.80 Å². The van der Waals surface area contributed by atoms with Gasteiger partial charge in [-0.1, -0.05) is 13.3 Å². The molecule has 2 fully saturated rings. The van der Waals surface area contributed by atoms with Crippen LogP contribution in [0.2, 0.25) is 0 Å². The quantitative estimate of drug-likeness (QED) is 0.852. The van der Waals surface area contributed by atoms with Crippen LogP contribution in [0.25, 0.3) is 0 Å². The van der Waals surface area contributed by atoms with E-state index in [2.05, 4.69) is 6.92 Å². The first-order chi connectivity index (χ1) is 9.10. The van der Waals surface area contributed by atoms with Crippen molar-refractivity contribution in [2.75, 3.05) is 26.2 Å². The maximum Gasteiger partial charge on any atom is 0.320 e. The number of hydrogen-bond donors (Lipinski definition) is 1. The zero-order valence-corrected chi connectivity index (χ0v) is 11.7. The Hall–Kier alpha value is -1.26. The van der Waals surface area contributed by atoms with Gasteiger partial charge >= 0.3 is 12.0 Å². The number of carbonyl (C=O) groups excluding carboxylic acids is 1. The number of hydrogen-bond acceptors (Lipinski definition) is 2. The minimum absolute atomic E-state index is 0.117. The fourth-order valence-corrected chi connectivity index (χ4v) is 3.19. The molecule has 0 aromatic rings. The minimum Gasteiger partial charge on any atom is -0.481 e. The van der Waals surface area contributed by atoms with Gasteiger partial charge in [0.1, 0.15) is 0 Å². The minimum atomic E-state index is -0.761. The molecule has 0 spiro atoms. The summed E-state index contributed by atoms with van der Waals surface area (Å²) >= 11 is 0. The summed E-state index contributed by atoms with van der Waals surface area (Å²) in [6.45, 7) is 5.23. The van der Waals surface area contributed by atoms with Gasteiger partial charge in [-0.15, -0.1) is 0 Å². The Balaban J connectivity index is 1.85. The highest BCUT2D eigenvalue weighted by molar-refractivity contribution is 5.75. The van der Waals surface area contributed by atoms with Gasteiger partial charge in [0, 0.05) is 32.6 Å². The summed E-state index contributed by atoms with van der Waals surface area (Å²) in [4.78, 5) is 26.9. The monoisotopic (exact) mass is 268 g/mol. The van der Waals surface area contributed by atoms with Gasteiger partial charge in [0.25, 0.3) is 0 Å². The van der Waals surface area contributed by atoms with E-state index in [1.54, 1.807) is 0 Å². The van der Waals surface area contributed by atoms with Gasteiger partial charge in [-0.3, -0.25) is 4.79 Å². The molecule has 0 saturated carbocycles. The normalized spacial score (nSPS) is 27.6. The molecule has 2 rings (SSSR count). The Labute approximate surface area is 114 Å².